The number of rotatable bonds is 7. The molecule has 3 fully saturated rings. The average molecular weight is 508 g/mol. The minimum absolute atomic E-state index is 0.0597. The van der Waals surface area contributed by atoms with E-state index in [1.165, 1.54) is 12.8 Å². The van der Waals surface area contributed by atoms with Gasteiger partial charge in [-0.25, -0.2) is 0 Å². The maximum atomic E-state index is 13.3. The summed E-state index contributed by atoms with van der Waals surface area (Å²) >= 11 is 0. The zero-order valence-electron chi connectivity index (χ0n) is 21.6. The smallest absolute Gasteiger partial charge is 0.251 e. The molecule has 1 saturated carbocycles. The van der Waals surface area contributed by atoms with E-state index in [0.717, 1.165) is 59.3 Å². The van der Waals surface area contributed by atoms with E-state index in [1.807, 2.05) is 48.5 Å². The molecule has 7 nitrogen and oxygen atoms in total. The van der Waals surface area contributed by atoms with Gasteiger partial charge in [0.2, 0.25) is 0 Å². The van der Waals surface area contributed by atoms with Crippen LogP contribution in [0.25, 0.3) is 22.2 Å². The molecule has 2 saturated heterocycles. The van der Waals surface area contributed by atoms with Crippen LogP contribution < -0.4 is 10.1 Å². The molecule has 2 aliphatic heterocycles. The molecule has 1 amide bonds. The minimum atomic E-state index is -0.0857. The number of aromatic amines is 1. The van der Waals surface area contributed by atoms with Gasteiger partial charge in [-0.15, -0.1) is 0 Å². The normalized spacial score (nSPS) is 23.9. The van der Waals surface area contributed by atoms with E-state index >= 15 is 0 Å². The Morgan fingerprint density at radius 2 is 1.82 bits per heavy atom. The Morgan fingerprint density at radius 1 is 1.03 bits per heavy atom. The number of ether oxygens (including phenoxy) is 1. The highest BCUT2D eigenvalue weighted by Crippen LogP contribution is 2.41. The number of benzene rings is 2. The van der Waals surface area contributed by atoms with Crippen molar-refractivity contribution in [2.45, 2.75) is 62.8 Å². The van der Waals surface area contributed by atoms with Gasteiger partial charge in [0.1, 0.15) is 11.9 Å². The summed E-state index contributed by atoms with van der Waals surface area (Å²) in [5.41, 5.74) is 4.28. The lowest BCUT2D eigenvalue weighted by molar-refractivity contribution is 0.0662. The van der Waals surface area contributed by atoms with Crippen LogP contribution in [0.3, 0.4) is 0 Å². The SMILES string of the molecule is CN1[C@@H]2CC[C@H]1C[C@@H](Oc1ccc(-c3n[nH]c4ccc(C(=O)NC(c5ccccn5)C5CC5)cc34)cc1)C2. The molecular formula is C31H33N5O2. The summed E-state index contributed by atoms with van der Waals surface area (Å²) in [6.45, 7) is 0. The fraction of sp³-hybridized carbons (Fsp3) is 0.387. The summed E-state index contributed by atoms with van der Waals surface area (Å²) in [7, 11) is 2.25. The average Bonchev–Trinajstić information content (AvgIpc) is 3.67. The highest BCUT2D eigenvalue weighted by molar-refractivity contribution is 6.01. The molecule has 3 aliphatic rings. The van der Waals surface area contributed by atoms with E-state index in [2.05, 4.69) is 44.6 Å². The Bertz CT molecular complexity index is 1430. The van der Waals surface area contributed by atoms with Gasteiger partial charge in [0.15, 0.2) is 0 Å². The van der Waals surface area contributed by atoms with Gasteiger partial charge in [-0.05, 0) is 106 Å². The number of nitrogens with one attached hydrogen (secondary N) is 2. The van der Waals surface area contributed by atoms with Crippen LogP contribution >= 0.6 is 0 Å². The van der Waals surface area contributed by atoms with Crippen molar-refractivity contribution in [2.24, 2.45) is 5.92 Å². The maximum Gasteiger partial charge on any atom is 0.251 e. The largest absolute Gasteiger partial charge is 0.490 e. The molecule has 2 aromatic heterocycles. The van der Waals surface area contributed by atoms with Crippen molar-refractivity contribution in [2.75, 3.05) is 7.05 Å². The van der Waals surface area contributed by atoms with E-state index in [4.69, 9.17) is 4.74 Å². The first kappa shape index (κ1) is 23.4. The predicted octanol–water partition coefficient (Wildman–Crippen LogP) is 5.51. The number of hydrogen-bond donors (Lipinski definition) is 2. The van der Waals surface area contributed by atoms with E-state index in [1.54, 1.807) is 6.20 Å². The molecule has 0 radical (unpaired) electrons. The van der Waals surface area contributed by atoms with Crippen LogP contribution in [0.4, 0.5) is 0 Å². The van der Waals surface area contributed by atoms with Crippen molar-refractivity contribution in [3.05, 3.63) is 78.1 Å². The summed E-state index contributed by atoms with van der Waals surface area (Å²) < 4.78 is 6.38. The second-order valence-corrected chi connectivity index (χ2v) is 11.2. The number of piperidine rings is 1. The molecular weight excluding hydrogens is 474 g/mol. The topological polar surface area (TPSA) is 83.1 Å². The van der Waals surface area contributed by atoms with Crippen molar-refractivity contribution in [1.82, 2.24) is 25.4 Å². The lowest BCUT2D eigenvalue weighted by atomic mass is 10.0. The Kier molecular flexibility index (Phi) is 5.88. The summed E-state index contributed by atoms with van der Waals surface area (Å²) in [4.78, 5) is 20.3. The number of amides is 1. The highest BCUT2D eigenvalue weighted by atomic mass is 16.5. The van der Waals surface area contributed by atoms with E-state index < -0.39 is 0 Å². The summed E-state index contributed by atoms with van der Waals surface area (Å²) in [6.07, 6.45) is 9.09. The molecule has 2 aromatic carbocycles. The maximum absolute atomic E-state index is 13.3. The van der Waals surface area contributed by atoms with Crippen molar-refractivity contribution in [1.29, 1.82) is 0 Å². The monoisotopic (exact) mass is 507 g/mol. The van der Waals surface area contributed by atoms with Gasteiger partial charge in [-0.3, -0.25) is 14.9 Å². The summed E-state index contributed by atoms with van der Waals surface area (Å²) in [6, 6.07) is 21.0. The van der Waals surface area contributed by atoms with Crippen LogP contribution in [0.5, 0.6) is 5.75 Å². The number of pyridine rings is 1. The number of hydrogen-bond acceptors (Lipinski definition) is 5. The molecule has 2 bridgehead atoms. The molecule has 0 spiro atoms. The highest BCUT2D eigenvalue weighted by Gasteiger charge is 2.39. The van der Waals surface area contributed by atoms with Crippen LogP contribution in [-0.2, 0) is 0 Å². The summed E-state index contributed by atoms with van der Waals surface area (Å²) in [5.74, 6) is 1.27. The number of carbonyl (C=O) groups is 1. The first-order valence-electron chi connectivity index (χ1n) is 13.8. The van der Waals surface area contributed by atoms with Crippen LogP contribution in [0.2, 0.25) is 0 Å². The fourth-order valence-corrected chi connectivity index (χ4v) is 6.36. The molecule has 38 heavy (non-hydrogen) atoms. The Morgan fingerprint density at radius 3 is 2.53 bits per heavy atom. The zero-order chi connectivity index (χ0) is 25.6. The molecule has 4 heterocycles. The Labute approximate surface area is 222 Å². The first-order valence-corrected chi connectivity index (χ1v) is 13.8. The molecule has 7 heteroatoms. The van der Waals surface area contributed by atoms with Gasteiger partial charge in [0.25, 0.3) is 5.91 Å². The summed E-state index contributed by atoms with van der Waals surface area (Å²) in [5, 5.41) is 11.9. The second kappa shape index (κ2) is 9.55. The van der Waals surface area contributed by atoms with Gasteiger partial charge >= 0.3 is 0 Å². The quantitative estimate of drug-likeness (QED) is 0.345. The first-order chi connectivity index (χ1) is 18.6. The Hall–Kier alpha value is -3.71. The molecule has 2 N–H and O–H groups in total. The third kappa shape index (κ3) is 4.45. The predicted molar refractivity (Wildman–Crippen MR) is 147 cm³/mol. The molecule has 194 valence electrons. The number of carbonyl (C=O) groups excluding carboxylic acids is 1. The van der Waals surface area contributed by atoms with Crippen LogP contribution in [0.15, 0.2) is 66.9 Å². The van der Waals surface area contributed by atoms with Crippen LogP contribution in [-0.4, -0.2) is 51.2 Å². The van der Waals surface area contributed by atoms with E-state index in [-0.39, 0.29) is 18.1 Å². The van der Waals surface area contributed by atoms with Crippen molar-refractivity contribution >= 4 is 16.8 Å². The third-order valence-corrected chi connectivity index (χ3v) is 8.70. The zero-order valence-corrected chi connectivity index (χ0v) is 21.6. The standard InChI is InChI=1S/C31H33N5O2/c1-36-22-10-11-23(36)18-25(17-22)38-24-12-7-19(8-13-24)29-26-16-21(9-14-27(26)34-35-29)31(37)33-30(20-5-6-20)28-4-2-3-15-32-28/h2-4,7-9,12-16,20,22-23,25,30H,5-6,10-11,17-18H2,1H3,(H,33,37)(H,34,35)/t22-,23+,25+,30?. The fourth-order valence-electron chi connectivity index (χ4n) is 6.36. The molecule has 4 aromatic rings. The molecule has 1 unspecified atom stereocenters. The number of fused-ring (bicyclic) bond motifs is 3. The van der Waals surface area contributed by atoms with Gasteiger partial charge in [-0.2, -0.15) is 5.10 Å². The van der Waals surface area contributed by atoms with Crippen LogP contribution in [0, 0.1) is 5.92 Å². The van der Waals surface area contributed by atoms with Gasteiger partial charge < -0.3 is 15.0 Å². The van der Waals surface area contributed by atoms with Crippen molar-refractivity contribution in [3.63, 3.8) is 0 Å². The van der Waals surface area contributed by atoms with Gasteiger partial charge in [0, 0.05) is 34.8 Å². The van der Waals surface area contributed by atoms with E-state index in [9.17, 15) is 4.79 Å². The number of H-pyrrole nitrogens is 1. The van der Waals surface area contributed by atoms with Crippen molar-refractivity contribution in [3.8, 4) is 17.0 Å². The molecule has 7 rings (SSSR count). The number of aromatic nitrogens is 3. The molecule has 4 atom stereocenters. The van der Waals surface area contributed by atoms with Crippen molar-refractivity contribution < 1.29 is 9.53 Å². The third-order valence-electron chi connectivity index (χ3n) is 8.70. The second-order valence-electron chi connectivity index (χ2n) is 11.2. The Balaban J connectivity index is 1.08. The van der Waals surface area contributed by atoms with Gasteiger partial charge in [-0.1, -0.05) is 6.07 Å². The minimum Gasteiger partial charge on any atom is -0.490 e. The lowest BCUT2D eigenvalue weighted by Crippen LogP contribution is -2.43. The number of nitrogens with zero attached hydrogens (tertiary/aromatic N) is 3. The molecule has 1 aliphatic carbocycles. The van der Waals surface area contributed by atoms with Crippen LogP contribution in [0.1, 0.15) is 60.6 Å². The van der Waals surface area contributed by atoms with Gasteiger partial charge in [0.05, 0.1) is 22.9 Å². The lowest BCUT2D eigenvalue weighted by Gasteiger charge is -2.36. The van der Waals surface area contributed by atoms with E-state index in [0.29, 0.717) is 23.6 Å².